The highest BCUT2D eigenvalue weighted by atomic mass is 16.3. The molecule has 1 amide bonds. The molecule has 1 aromatic carbocycles. The summed E-state index contributed by atoms with van der Waals surface area (Å²) in [6.45, 7) is 1.77. The van der Waals surface area contributed by atoms with Crippen molar-refractivity contribution < 1.29 is 15.0 Å². The number of hydrogen-bond acceptors (Lipinski definition) is 3. The number of carbonyl (C=O) groups is 1. The molecule has 2 N–H and O–H groups in total. The van der Waals surface area contributed by atoms with Crippen LogP contribution < -0.4 is 0 Å². The maximum Gasteiger partial charge on any atom is 0.226 e. The normalized spacial score (nSPS) is 11.9. The fourth-order valence-corrected chi connectivity index (χ4v) is 2.68. The molecule has 1 aromatic heterocycles. The molecule has 0 saturated carbocycles. The van der Waals surface area contributed by atoms with E-state index in [4.69, 9.17) is 0 Å². The summed E-state index contributed by atoms with van der Waals surface area (Å²) in [5.74, 6) is -0.0236. The van der Waals surface area contributed by atoms with Crippen molar-refractivity contribution in [1.82, 2.24) is 9.47 Å². The largest absolute Gasteiger partial charge is 0.396 e. The predicted molar refractivity (Wildman–Crippen MR) is 86.5 cm³/mol. The maximum absolute atomic E-state index is 12.4. The van der Waals surface area contributed by atoms with E-state index in [1.165, 1.54) is 0 Å². The molecule has 1 heterocycles. The highest BCUT2D eigenvalue weighted by Gasteiger charge is 2.26. The third-order valence-corrected chi connectivity index (χ3v) is 4.13. The molecular weight excluding hydrogens is 280 g/mol. The van der Waals surface area contributed by atoms with Gasteiger partial charge < -0.3 is 19.7 Å². The van der Waals surface area contributed by atoms with Crippen LogP contribution in [0.1, 0.15) is 12.5 Å². The monoisotopic (exact) mass is 304 g/mol. The van der Waals surface area contributed by atoms with Gasteiger partial charge >= 0.3 is 0 Å². The Kier molecular flexibility index (Phi) is 4.88. The van der Waals surface area contributed by atoms with Crippen molar-refractivity contribution in [3.8, 4) is 0 Å². The molecule has 22 heavy (non-hydrogen) atoms. The highest BCUT2D eigenvalue weighted by molar-refractivity contribution is 5.89. The molecule has 0 atom stereocenters. The zero-order valence-corrected chi connectivity index (χ0v) is 13.4. The molecule has 0 fully saturated rings. The maximum atomic E-state index is 12.4. The summed E-state index contributed by atoms with van der Waals surface area (Å²) in [5, 5.41) is 19.8. The van der Waals surface area contributed by atoms with Gasteiger partial charge in [0.05, 0.1) is 19.6 Å². The Hall–Kier alpha value is -1.85. The Morgan fingerprint density at radius 1 is 1.27 bits per heavy atom. The third kappa shape index (κ3) is 3.31. The second kappa shape index (κ2) is 6.50. The van der Waals surface area contributed by atoms with E-state index in [2.05, 4.69) is 0 Å². The SMILES string of the molecule is CN(CC(C)(CO)CO)C(=O)Cc1cn(C)c2ccccc12. The van der Waals surface area contributed by atoms with E-state index in [-0.39, 0.29) is 19.1 Å². The minimum Gasteiger partial charge on any atom is -0.396 e. The van der Waals surface area contributed by atoms with Crippen LogP contribution in [0.2, 0.25) is 0 Å². The van der Waals surface area contributed by atoms with Crippen LogP contribution in [0.4, 0.5) is 0 Å². The van der Waals surface area contributed by atoms with Crippen LogP contribution in [0.3, 0.4) is 0 Å². The Morgan fingerprint density at radius 2 is 1.91 bits per heavy atom. The summed E-state index contributed by atoms with van der Waals surface area (Å²) >= 11 is 0. The second-order valence-corrected chi connectivity index (χ2v) is 6.34. The van der Waals surface area contributed by atoms with Crippen molar-refractivity contribution >= 4 is 16.8 Å². The third-order valence-electron chi connectivity index (χ3n) is 4.13. The van der Waals surface area contributed by atoms with Gasteiger partial charge in [0.25, 0.3) is 0 Å². The Bertz CT molecular complexity index is 659. The van der Waals surface area contributed by atoms with Gasteiger partial charge in [-0.3, -0.25) is 4.79 Å². The lowest BCUT2D eigenvalue weighted by Crippen LogP contribution is -2.42. The summed E-state index contributed by atoms with van der Waals surface area (Å²) in [6.07, 6.45) is 2.29. The van der Waals surface area contributed by atoms with Crippen molar-refractivity contribution in [3.05, 3.63) is 36.0 Å². The van der Waals surface area contributed by atoms with Gasteiger partial charge in [-0.05, 0) is 11.6 Å². The fraction of sp³-hybridized carbons (Fsp3) is 0.471. The Labute approximate surface area is 130 Å². The number of aliphatic hydroxyl groups is 2. The molecule has 5 heteroatoms. The summed E-state index contributed by atoms with van der Waals surface area (Å²) in [6, 6.07) is 7.99. The average Bonchev–Trinajstić information content (AvgIpc) is 2.84. The fourth-order valence-electron chi connectivity index (χ4n) is 2.68. The number of aryl methyl sites for hydroxylation is 1. The number of hydrogen-bond donors (Lipinski definition) is 2. The standard InChI is InChI=1S/C17H24N2O3/c1-17(11-20,12-21)10-19(3)16(22)8-13-9-18(2)15-7-5-4-6-14(13)15/h4-7,9,20-21H,8,10-12H2,1-3H3. The van der Waals surface area contributed by atoms with E-state index in [0.717, 1.165) is 16.5 Å². The van der Waals surface area contributed by atoms with E-state index < -0.39 is 5.41 Å². The molecular formula is C17H24N2O3. The van der Waals surface area contributed by atoms with Crippen molar-refractivity contribution in [1.29, 1.82) is 0 Å². The van der Waals surface area contributed by atoms with E-state index in [1.54, 1.807) is 18.9 Å². The number of fused-ring (bicyclic) bond motifs is 1. The van der Waals surface area contributed by atoms with Crippen LogP contribution in [0, 0.1) is 5.41 Å². The molecule has 0 aliphatic heterocycles. The first kappa shape index (κ1) is 16.5. The van der Waals surface area contributed by atoms with Gasteiger partial charge in [-0.25, -0.2) is 0 Å². The van der Waals surface area contributed by atoms with Crippen LogP contribution in [-0.4, -0.2) is 52.4 Å². The summed E-state index contributed by atoms with van der Waals surface area (Å²) in [4.78, 5) is 14.0. The summed E-state index contributed by atoms with van der Waals surface area (Å²) < 4.78 is 2.02. The van der Waals surface area contributed by atoms with Crippen molar-refractivity contribution in [2.75, 3.05) is 26.8 Å². The first-order valence-corrected chi connectivity index (χ1v) is 7.39. The smallest absolute Gasteiger partial charge is 0.226 e. The average molecular weight is 304 g/mol. The van der Waals surface area contributed by atoms with E-state index in [1.807, 2.05) is 42.1 Å². The number of likely N-dealkylation sites (N-methyl/N-ethyl adjacent to an activating group) is 1. The second-order valence-electron chi connectivity index (χ2n) is 6.34. The predicted octanol–water partition coefficient (Wildman–Crippen LogP) is 1.17. The van der Waals surface area contributed by atoms with Gasteiger partial charge in [-0.2, -0.15) is 0 Å². The quantitative estimate of drug-likeness (QED) is 0.842. The summed E-state index contributed by atoms with van der Waals surface area (Å²) in [7, 11) is 3.67. The molecule has 0 aliphatic rings. The van der Waals surface area contributed by atoms with Crippen LogP contribution >= 0.6 is 0 Å². The van der Waals surface area contributed by atoms with Gasteiger partial charge in [0.2, 0.25) is 5.91 Å². The molecule has 5 nitrogen and oxygen atoms in total. The number of para-hydroxylation sites is 1. The van der Waals surface area contributed by atoms with Crippen LogP contribution in [0.25, 0.3) is 10.9 Å². The van der Waals surface area contributed by atoms with Gasteiger partial charge in [-0.1, -0.05) is 25.1 Å². The number of nitrogens with zero attached hydrogens (tertiary/aromatic N) is 2. The molecule has 120 valence electrons. The minimum absolute atomic E-state index is 0.0236. The van der Waals surface area contributed by atoms with Crippen LogP contribution in [-0.2, 0) is 18.3 Å². The van der Waals surface area contributed by atoms with Gasteiger partial charge in [-0.15, -0.1) is 0 Å². The number of carbonyl (C=O) groups excluding carboxylic acids is 1. The number of benzene rings is 1. The number of aromatic nitrogens is 1. The zero-order chi connectivity index (χ0) is 16.3. The Balaban J connectivity index is 2.14. The lowest BCUT2D eigenvalue weighted by Gasteiger charge is -2.30. The molecule has 0 aliphatic carbocycles. The van der Waals surface area contributed by atoms with Crippen molar-refractivity contribution in [2.45, 2.75) is 13.3 Å². The molecule has 0 unspecified atom stereocenters. The number of rotatable bonds is 6. The number of aliphatic hydroxyl groups excluding tert-OH is 2. The number of amides is 1. The van der Waals surface area contributed by atoms with Gasteiger partial charge in [0.1, 0.15) is 0 Å². The van der Waals surface area contributed by atoms with Crippen molar-refractivity contribution in [3.63, 3.8) is 0 Å². The highest BCUT2D eigenvalue weighted by Crippen LogP contribution is 2.22. The molecule has 2 rings (SSSR count). The lowest BCUT2D eigenvalue weighted by molar-refractivity contribution is -0.131. The van der Waals surface area contributed by atoms with Crippen molar-refractivity contribution in [2.24, 2.45) is 12.5 Å². The van der Waals surface area contributed by atoms with Gasteiger partial charge in [0, 0.05) is 43.2 Å². The molecule has 2 aromatic rings. The first-order chi connectivity index (χ1) is 10.4. The van der Waals surface area contributed by atoms with E-state index in [0.29, 0.717) is 13.0 Å². The molecule has 0 spiro atoms. The first-order valence-electron chi connectivity index (χ1n) is 7.39. The molecule has 0 saturated heterocycles. The minimum atomic E-state index is -0.677. The van der Waals surface area contributed by atoms with E-state index in [9.17, 15) is 15.0 Å². The lowest BCUT2D eigenvalue weighted by atomic mass is 9.92. The summed E-state index contributed by atoms with van der Waals surface area (Å²) in [5.41, 5.74) is 1.41. The Morgan fingerprint density at radius 3 is 2.55 bits per heavy atom. The van der Waals surface area contributed by atoms with Crippen LogP contribution in [0.5, 0.6) is 0 Å². The topological polar surface area (TPSA) is 65.7 Å². The zero-order valence-electron chi connectivity index (χ0n) is 13.4. The molecule has 0 radical (unpaired) electrons. The van der Waals surface area contributed by atoms with Crippen LogP contribution in [0.15, 0.2) is 30.5 Å². The van der Waals surface area contributed by atoms with E-state index >= 15 is 0 Å². The van der Waals surface area contributed by atoms with Gasteiger partial charge in [0.15, 0.2) is 0 Å². The molecule has 0 bridgehead atoms.